The van der Waals surface area contributed by atoms with E-state index < -0.39 is 0 Å². The SMILES string of the molecule is Cc1ccc(CN2C(=O)CCC2CC(=O)OCC(C)(C)C)cc1. The molecule has 126 valence electrons. The first kappa shape index (κ1) is 17.5. The number of likely N-dealkylation sites (tertiary alicyclic amines) is 1. The Morgan fingerprint density at radius 2 is 1.91 bits per heavy atom. The smallest absolute Gasteiger partial charge is 0.307 e. The van der Waals surface area contributed by atoms with Crippen molar-refractivity contribution in [1.29, 1.82) is 0 Å². The van der Waals surface area contributed by atoms with Crippen LogP contribution in [0, 0.1) is 12.3 Å². The Hall–Kier alpha value is -1.84. The van der Waals surface area contributed by atoms with Crippen molar-refractivity contribution in [2.45, 2.75) is 59.5 Å². The summed E-state index contributed by atoms with van der Waals surface area (Å²) in [6.07, 6.45) is 1.53. The molecule has 1 aromatic rings. The molecule has 4 nitrogen and oxygen atoms in total. The minimum absolute atomic E-state index is 0.0389. The molecule has 1 atom stereocenters. The third kappa shape index (κ3) is 5.38. The summed E-state index contributed by atoms with van der Waals surface area (Å²) in [5.74, 6) is -0.0901. The fraction of sp³-hybridized carbons (Fsp3) is 0.579. The lowest BCUT2D eigenvalue weighted by molar-refractivity contribution is -0.148. The first-order valence-electron chi connectivity index (χ1n) is 8.25. The Kier molecular flexibility index (Phi) is 5.45. The summed E-state index contributed by atoms with van der Waals surface area (Å²) in [6, 6.07) is 8.12. The van der Waals surface area contributed by atoms with Crippen LogP contribution >= 0.6 is 0 Å². The van der Waals surface area contributed by atoms with Crippen LogP contribution in [0.2, 0.25) is 0 Å². The van der Waals surface area contributed by atoms with Crippen molar-refractivity contribution < 1.29 is 14.3 Å². The number of carbonyl (C=O) groups excluding carboxylic acids is 2. The van der Waals surface area contributed by atoms with Gasteiger partial charge in [-0.2, -0.15) is 0 Å². The highest BCUT2D eigenvalue weighted by Crippen LogP contribution is 2.25. The minimum Gasteiger partial charge on any atom is -0.465 e. The molecule has 1 aliphatic rings. The number of benzene rings is 1. The van der Waals surface area contributed by atoms with Gasteiger partial charge in [-0.05, 0) is 24.3 Å². The summed E-state index contributed by atoms with van der Waals surface area (Å²) in [6.45, 7) is 9.11. The number of hydrogen-bond donors (Lipinski definition) is 0. The van der Waals surface area contributed by atoms with Crippen LogP contribution in [-0.4, -0.2) is 29.4 Å². The number of rotatable bonds is 5. The maximum atomic E-state index is 12.1. The zero-order valence-electron chi connectivity index (χ0n) is 14.6. The molecule has 0 N–H and O–H groups in total. The fourth-order valence-electron chi connectivity index (χ4n) is 2.66. The van der Waals surface area contributed by atoms with E-state index in [1.54, 1.807) is 0 Å². The quantitative estimate of drug-likeness (QED) is 0.781. The van der Waals surface area contributed by atoms with Crippen LogP contribution in [0.3, 0.4) is 0 Å². The predicted molar refractivity (Wildman–Crippen MR) is 89.8 cm³/mol. The molecule has 0 radical (unpaired) electrons. The summed E-state index contributed by atoms with van der Waals surface area (Å²) in [5, 5.41) is 0. The minimum atomic E-state index is -0.214. The van der Waals surface area contributed by atoms with E-state index in [4.69, 9.17) is 4.74 Å². The van der Waals surface area contributed by atoms with Gasteiger partial charge < -0.3 is 9.64 Å². The molecule has 1 saturated heterocycles. The fourth-order valence-corrected chi connectivity index (χ4v) is 2.66. The molecule has 1 heterocycles. The van der Waals surface area contributed by atoms with Gasteiger partial charge in [-0.15, -0.1) is 0 Å². The third-order valence-corrected chi connectivity index (χ3v) is 3.99. The van der Waals surface area contributed by atoms with Crippen LogP contribution in [0.25, 0.3) is 0 Å². The van der Waals surface area contributed by atoms with Gasteiger partial charge in [-0.3, -0.25) is 9.59 Å². The Balaban J connectivity index is 1.94. The molecule has 0 saturated carbocycles. The standard InChI is InChI=1S/C19H27NO3/c1-14-5-7-15(8-6-14)12-20-16(9-10-17(20)21)11-18(22)23-13-19(2,3)4/h5-8,16H,9-13H2,1-4H3. The normalized spacial score (nSPS) is 18.3. The van der Waals surface area contributed by atoms with Crippen LogP contribution in [0.1, 0.15) is 51.2 Å². The Morgan fingerprint density at radius 1 is 1.26 bits per heavy atom. The molecule has 1 unspecified atom stereocenters. The van der Waals surface area contributed by atoms with Crippen LogP contribution in [-0.2, 0) is 20.9 Å². The van der Waals surface area contributed by atoms with Crippen molar-refractivity contribution in [2.24, 2.45) is 5.41 Å². The maximum absolute atomic E-state index is 12.1. The molecule has 1 fully saturated rings. The average Bonchev–Trinajstić information content (AvgIpc) is 2.80. The molecular weight excluding hydrogens is 290 g/mol. The summed E-state index contributed by atoms with van der Waals surface area (Å²) in [4.78, 5) is 26.0. The van der Waals surface area contributed by atoms with Crippen molar-refractivity contribution in [3.8, 4) is 0 Å². The number of carbonyl (C=O) groups is 2. The number of hydrogen-bond acceptors (Lipinski definition) is 3. The molecule has 0 aliphatic carbocycles. The summed E-state index contributed by atoms with van der Waals surface area (Å²) < 4.78 is 5.34. The van der Waals surface area contributed by atoms with Gasteiger partial charge in [0, 0.05) is 19.0 Å². The van der Waals surface area contributed by atoms with Gasteiger partial charge >= 0.3 is 5.97 Å². The van der Waals surface area contributed by atoms with Gasteiger partial charge in [0.1, 0.15) is 0 Å². The van der Waals surface area contributed by atoms with E-state index in [9.17, 15) is 9.59 Å². The molecule has 2 rings (SSSR count). The lowest BCUT2D eigenvalue weighted by Gasteiger charge is -2.25. The van der Waals surface area contributed by atoms with E-state index in [1.165, 1.54) is 5.56 Å². The monoisotopic (exact) mass is 317 g/mol. The van der Waals surface area contributed by atoms with E-state index in [0.29, 0.717) is 19.6 Å². The molecule has 1 aliphatic heterocycles. The Labute approximate surface area is 138 Å². The highest BCUT2D eigenvalue weighted by molar-refractivity contribution is 5.80. The molecule has 1 aromatic carbocycles. The zero-order valence-corrected chi connectivity index (χ0v) is 14.6. The van der Waals surface area contributed by atoms with Crippen LogP contribution < -0.4 is 0 Å². The van der Waals surface area contributed by atoms with E-state index in [0.717, 1.165) is 12.0 Å². The summed E-state index contributed by atoms with van der Waals surface area (Å²) in [7, 11) is 0. The lowest BCUT2D eigenvalue weighted by Crippen LogP contribution is -2.34. The van der Waals surface area contributed by atoms with Crippen LogP contribution in [0.4, 0.5) is 0 Å². The second-order valence-corrected chi connectivity index (χ2v) is 7.63. The number of nitrogens with zero attached hydrogens (tertiary/aromatic N) is 1. The van der Waals surface area contributed by atoms with E-state index in [2.05, 4.69) is 0 Å². The largest absolute Gasteiger partial charge is 0.465 e. The predicted octanol–water partition coefficient (Wildman–Crippen LogP) is 3.47. The van der Waals surface area contributed by atoms with Crippen molar-refractivity contribution >= 4 is 11.9 Å². The second-order valence-electron chi connectivity index (χ2n) is 7.63. The Bertz CT molecular complexity index is 557. The van der Waals surface area contributed by atoms with Gasteiger partial charge in [-0.25, -0.2) is 0 Å². The van der Waals surface area contributed by atoms with Crippen molar-refractivity contribution in [2.75, 3.05) is 6.61 Å². The van der Waals surface area contributed by atoms with Crippen LogP contribution in [0.5, 0.6) is 0 Å². The van der Waals surface area contributed by atoms with Gasteiger partial charge in [-0.1, -0.05) is 50.6 Å². The van der Waals surface area contributed by atoms with Crippen molar-refractivity contribution in [3.05, 3.63) is 35.4 Å². The van der Waals surface area contributed by atoms with Crippen molar-refractivity contribution in [1.82, 2.24) is 4.90 Å². The first-order chi connectivity index (χ1) is 10.7. The van der Waals surface area contributed by atoms with Gasteiger partial charge in [0.25, 0.3) is 0 Å². The number of ether oxygens (including phenoxy) is 1. The molecule has 0 bridgehead atoms. The van der Waals surface area contributed by atoms with Gasteiger partial charge in [0.2, 0.25) is 5.91 Å². The number of aryl methyl sites for hydroxylation is 1. The molecule has 23 heavy (non-hydrogen) atoms. The topological polar surface area (TPSA) is 46.6 Å². The molecule has 1 amide bonds. The summed E-state index contributed by atoms with van der Waals surface area (Å²) >= 11 is 0. The third-order valence-electron chi connectivity index (χ3n) is 3.99. The molecule has 4 heteroatoms. The maximum Gasteiger partial charge on any atom is 0.307 e. The van der Waals surface area contributed by atoms with Crippen LogP contribution in [0.15, 0.2) is 24.3 Å². The Morgan fingerprint density at radius 3 is 2.52 bits per heavy atom. The van der Waals surface area contributed by atoms with E-state index in [-0.39, 0.29) is 29.8 Å². The van der Waals surface area contributed by atoms with Gasteiger partial charge in [0.05, 0.1) is 13.0 Å². The molecule has 0 aromatic heterocycles. The summed E-state index contributed by atoms with van der Waals surface area (Å²) in [5.41, 5.74) is 2.26. The molecular formula is C19H27NO3. The highest BCUT2D eigenvalue weighted by Gasteiger charge is 2.33. The lowest BCUT2D eigenvalue weighted by atomic mass is 9.99. The average molecular weight is 317 g/mol. The van der Waals surface area contributed by atoms with Gasteiger partial charge in [0.15, 0.2) is 0 Å². The van der Waals surface area contributed by atoms with E-state index >= 15 is 0 Å². The second kappa shape index (κ2) is 7.16. The zero-order chi connectivity index (χ0) is 17.0. The van der Waals surface area contributed by atoms with Crippen molar-refractivity contribution in [3.63, 3.8) is 0 Å². The molecule has 0 spiro atoms. The first-order valence-corrected chi connectivity index (χ1v) is 8.25. The number of amides is 1. The number of esters is 1. The van der Waals surface area contributed by atoms with E-state index in [1.807, 2.05) is 56.9 Å². The highest BCUT2D eigenvalue weighted by atomic mass is 16.5.